The van der Waals surface area contributed by atoms with Gasteiger partial charge in [-0.3, -0.25) is 4.79 Å². The molecule has 0 radical (unpaired) electrons. The van der Waals surface area contributed by atoms with Crippen LogP contribution in [0.3, 0.4) is 0 Å². The number of nitrogens with two attached hydrogens (primary N) is 1. The number of benzene rings is 3. The molecule has 0 unspecified atom stereocenters. The molecule has 0 bridgehead atoms. The minimum atomic E-state index is -3.68. The Labute approximate surface area is 239 Å². The third-order valence-corrected chi connectivity index (χ3v) is 7.73. The Morgan fingerprint density at radius 2 is 1.66 bits per heavy atom. The molecule has 0 spiro atoms. The molecular formula is C30H35N3O7S. The van der Waals surface area contributed by atoms with Gasteiger partial charge in [0.25, 0.3) is 5.91 Å². The molecule has 0 heterocycles. The second-order valence-corrected chi connectivity index (χ2v) is 12.0. The fourth-order valence-electron chi connectivity index (χ4n) is 5.06. The molecule has 0 aliphatic heterocycles. The minimum absolute atomic E-state index is 0.0604. The molecule has 41 heavy (non-hydrogen) atoms. The van der Waals surface area contributed by atoms with Gasteiger partial charge in [0.05, 0.1) is 25.4 Å². The van der Waals surface area contributed by atoms with Crippen LogP contribution in [0.1, 0.15) is 59.2 Å². The van der Waals surface area contributed by atoms with E-state index in [0.29, 0.717) is 22.6 Å². The number of nitrogens with one attached hydrogen (secondary N) is 1. The molecule has 1 aliphatic carbocycles. The Hall–Kier alpha value is -4.09. The average molecular weight is 582 g/mol. The first-order valence-corrected chi connectivity index (χ1v) is 15.3. The molecule has 10 nitrogen and oxygen atoms in total. The van der Waals surface area contributed by atoms with Gasteiger partial charge in [-0.2, -0.15) is 0 Å². The Morgan fingerprint density at radius 3 is 2.27 bits per heavy atom. The molecule has 4 rings (SSSR count). The Balaban J connectivity index is 1.40. The predicted octanol–water partition coefficient (Wildman–Crippen LogP) is 4.38. The molecule has 1 aliphatic rings. The van der Waals surface area contributed by atoms with Gasteiger partial charge in [0.15, 0.2) is 0 Å². The number of nitrogen functional groups attached to an aromatic ring is 1. The van der Waals surface area contributed by atoms with Crippen LogP contribution >= 0.6 is 0 Å². The van der Waals surface area contributed by atoms with Crippen molar-refractivity contribution in [1.82, 2.24) is 9.62 Å². The molecule has 2 amide bonds. The molecular weight excluding hydrogens is 546 g/mol. The third kappa shape index (κ3) is 8.21. The van der Waals surface area contributed by atoms with E-state index in [0.717, 1.165) is 53.5 Å². The van der Waals surface area contributed by atoms with E-state index in [1.54, 1.807) is 48.5 Å². The highest BCUT2D eigenvalue weighted by atomic mass is 32.2. The van der Waals surface area contributed by atoms with Gasteiger partial charge in [-0.15, -0.1) is 0 Å². The van der Waals surface area contributed by atoms with Crippen LogP contribution in [0.2, 0.25) is 0 Å². The number of hydrogen-bond acceptors (Lipinski definition) is 7. The maximum Gasteiger partial charge on any atom is 0.407 e. The van der Waals surface area contributed by atoms with Crippen molar-refractivity contribution in [3.05, 3.63) is 83.4 Å². The van der Waals surface area contributed by atoms with Crippen molar-refractivity contribution in [2.75, 3.05) is 31.7 Å². The van der Waals surface area contributed by atoms with Crippen LogP contribution in [0.15, 0.2) is 66.7 Å². The summed E-state index contributed by atoms with van der Waals surface area (Å²) in [4.78, 5) is 25.5. The molecule has 0 saturated heterocycles. The van der Waals surface area contributed by atoms with Crippen molar-refractivity contribution in [1.29, 1.82) is 0 Å². The van der Waals surface area contributed by atoms with Crippen molar-refractivity contribution < 1.29 is 33.0 Å². The highest BCUT2D eigenvalue weighted by Crippen LogP contribution is 2.38. The van der Waals surface area contributed by atoms with Gasteiger partial charge in [-0.05, 0) is 71.3 Å². The van der Waals surface area contributed by atoms with Gasteiger partial charge in [0.2, 0.25) is 10.0 Å². The number of sulfonamides is 1. The second-order valence-electron chi connectivity index (χ2n) is 10.3. The van der Waals surface area contributed by atoms with Gasteiger partial charge in [-0.25, -0.2) is 17.9 Å². The fourth-order valence-corrected chi connectivity index (χ4v) is 5.51. The summed E-state index contributed by atoms with van der Waals surface area (Å²) in [5.41, 5.74) is 9.80. The monoisotopic (exact) mass is 581 g/mol. The number of amides is 2. The smallest absolute Gasteiger partial charge is 0.407 e. The van der Waals surface area contributed by atoms with Gasteiger partial charge >= 0.3 is 6.09 Å². The number of ether oxygens (including phenoxy) is 1. The summed E-state index contributed by atoms with van der Waals surface area (Å²) in [5, 5.41) is 20.0. The number of hydrogen-bond donors (Lipinski definition) is 4. The zero-order valence-electron chi connectivity index (χ0n) is 22.8. The summed E-state index contributed by atoms with van der Waals surface area (Å²) in [6, 6.07) is 19.4. The van der Waals surface area contributed by atoms with Gasteiger partial charge in [0, 0.05) is 11.3 Å². The van der Waals surface area contributed by atoms with E-state index >= 15 is 0 Å². The van der Waals surface area contributed by atoms with Gasteiger partial charge in [0.1, 0.15) is 12.4 Å². The van der Waals surface area contributed by atoms with Crippen LogP contribution in [0.4, 0.5) is 10.5 Å². The summed E-state index contributed by atoms with van der Waals surface area (Å²) in [5.74, 6) is 0.119. The van der Waals surface area contributed by atoms with E-state index < -0.39 is 28.1 Å². The first-order chi connectivity index (χ1) is 19.5. The lowest BCUT2D eigenvalue weighted by Crippen LogP contribution is -2.36. The van der Waals surface area contributed by atoms with E-state index in [1.807, 2.05) is 18.2 Å². The van der Waals surface area contributed by atoms with Gasteiger partial charge in [-0.1, -0.05) is 49.2 Å². The quantitative estimate of drug-likeness (QED) is 0.243. The van der Waals surface area contributed by atoms with Gasteiger partial charge < -0.3 is 25.6 Å². The number of anilines is 1. The first kappa shape index (κ1) is 29.9. The number of carboxylic acid groups (broad SMARTS) is 1. The summed E-state index contributed by atoms with van der Waals surface area (Å²) < 4.78 is 31.1. The highest BCUT2D eigenvalue weighted by molar-refractivity contribution is 7.89. The molecule has 5 N–H and O–H groups in total. The van der Waals surface area contributed by atoms with Crippen molar-refractivity contribution in [3.8, 4) is 16.9 Å². The lowest BCUT2D eigenvalue weighted by atomic mass is 9.89. The molecule has 3 aromatic rings. The van der Waals surface area contributed by atoms with Crippen LogP contribution in [0, 0.1) is 0 Å². The predicted molar refractivity (Wildman–Crippen MR) is 156 cm³/mol. The van der Waals surface area contributed by atoms with E-state index in [2.05, 4.69) is 4.72 Å². The van der Waals surface area contributed by atoms with E-state index in [9.17, 15) is 28.2 Å². The van der Waals surface area contributed by atoms with E-state index in [4.69, 9.17) is 10.5 Å². The maximum atomic E-state index is 12.7. The topological polar surface area (TPSA) is 159 Å². The minimum Gasteiger partial charge on any atom is -0.492 e. The summed E-state index contributed by atoms with van der Waals surface area (Å²) in [6.45, 7) is 0.0457. The van der Waals surface area contributed by atoms with Crippen molar-refractivity contribution >= 4 is 27.7 Å². The molecule has 0 aromatic heterocycles. The first-order valence-electron chi connectivity index (χ1n) is 13.4. The molecule has 1 fully saturated rings. The summed E-state index contributed by atoms with van der Waals surface area (Å²) >= 11 is 0. The van der Waals surface area contributed by atoms with E-state index in [1.165, 1.54) is 0 Å². The number of aliphatic hydroxyl groups is 1. The zero-order valence-corrected chi connectivity index (χ0v) is 23.6. The highest BCUT2D eigenvalue weighted by Gasteiger charge is 2.24. The van der Waals surface area contributed by atoms with Crippen LogP contribution in [0.25, 0.3) is 11.1 Å². The average Bonchev–Trinajstić information content (AvgIpc) is 3.47. The number of carbonyl (C=O) groups excluding carboxylic acids is 1. The molecule has 1 saturated carbocycles. The fraction of sp³-hybridized carbons (Fsp3) is 0.333. The Morgan fingerprint density at radius 1 is 1.02 bits per heavy atom. The van der Waals surface area contributed by atoms with Crippen molar-refractivity contribution in [2.24, 2.45) is 0 Å². The number of rotatable bonds is 11. The zero-order chi connectivity index (χ0) is 29.6. The number of aliphatic hydroxyl groups excluding tert-OH is 1. The molecule has 3 aromatic carbocycles. The van der Waals surface area contributed by atoms with Crippen LogP contribution in [-0.2, 0) is 10.0 Å². The molecule has 218 valence electrons. The Bertz CT molecular complexity index is 1470. The number of nitrogens with zero attached hydrogens (tertiary/aromatic N) is 1. The molecule has 1 atom stereocenters. The Kier molecular flexibility index (Phi) is 9.51. The van der Waals surface area contributed by atoms with Crippen LogP contribution in [-0.4, -0.2) is 61.5 Å². The second kappa shape index (κ2) is 13.0. The normalized spacial score (nSPS) is 14.4. The van der Waals surface area contributed by atoms with Crippen molar-refractivity contribution in [3.63, 3.8) is 0 Å². The van der Waals surface area contributed by atoms with Crippen molar-refractivity contribution in [2.45, 2.75) is 37.7 Å². The standard InChI is InChI=1S/C30H35N3O7S/c1-41(38,39)32-29(35)26-15-10-23(18-27(26)21-4-2-3-5-21)20-8-13-25(14-9-20)40-17-16-33(30(36)37)19-28(34)22-6-11-24(31)12-7-22/h6-15,18,21,28,34H,2-5,16-17,19,31H2,1H3,(H,32,35)(H,36,37)/t28-/m0/s1. The largest absolute Gasteiger partial charge is 0.492 e. The SMILES string of the molecule is CS(=O)(=O)NC(=O)c1ccc(-c2ccc(OCCN(C[C@H](O)c3ccc(N)cc3)C(=O)O)cc2)cc1C1CCCC1. The summed E-state index contributed by atoms with van der Waals surface area (Å²) in [7, 11) is -3.68. The van der Waals surface area contributed by atoms with Crippen LogP contribution < -0.4 is 15.2 Å². The summed E-state index contributed by atoms with van der Waals surface area (Å²) in [6.07, 6.45) is 2.82. The lowest BCUT2D eigenvalue weighted by Gasteiger charge is -2.23. The molecule has 11 heteroatoms. The van der Waals surface area contributed by atoms with Crippen LogP contribution in [0.5, 0.6) is 5.75 Å². The third-order valence-electron chi connectivity index (χ3n) is 7.17. The lowest BCUT2D eigenvalue weighted by molar-refractivity contribution is 0.0894. The van der Waals surface area contributed by atoms with E-state index in [-0.39, 0.29) is 25.6 Å². The number of carbonyl (C=O) groups is 2. The maximum absolute atomic E-state index is 12.7.